The van der Waals surface area contributed by atoms with Gasteiger partial charge in [0.05, 0.1) is 49.1 Å². The number of benzene rings is 3. The van der Waals surface area contributed by atoms with Crippen LogP contribution in [0.5, 0.6) is 5.75 Å². The summed E-state index contributed by atoms with van der Waals surface area (Å²) in [5.41, 5.74) is 3.95. The van der Waals surface area contributed by atoms with Gasteiger partial charge in [-0.05, 0) is 53.9 Å². The van der Waals surface area contributed by atoms with Gasteiger partial charge in [-0.1, -0.05) is 43.0 Å². The number of aromatic nitrogens is 2. The maximum atomic E-state index is 13.0. The molecule has 0 fully saturated rings. The fourth-order valence-electron chi connectivity index (χ4n) is 3.83. The molecule has 3 aromatic carbocycles. The largest absolute Gasteiger partial charge is 0.497 e. The second-order valence-corrected chi connectivity index (χ2v) is 8.32. The Kier molecular flexibility index (Phi) is 8.33. The molecule has 0 radical (unpaired) electrons. The molecule has 0 saturated carbocycles. The Morgan fingerprint density at radius 2 is 1.81 bits per heavy atom. The molecule has 0 spiro atoms. The molecule has 0 amide bonds. The Balaban J connectivity index is 1.41. The molecule has 0 saturated heterocycles. The van der Waals surface area contributed by atoms with Crippen molar-refractivity contribution in [2.24, 2.45) is 0 Å². The van der Waals surface area contributed by atoms with E-state index in [0.29, 0.717) is 47.7 Å². The van der Waals surface area contributed by atoms with E-state index in [1.54, 1.807) is 32.2 Å². The zero-order chi connectivity index (χ0) is 26.2. The van der Waals surface area contributed by atoms with Gasteiger partial charge in [-0.3, -0.25) is 4.79 Å². The third-order valence-corrected chi connectivity index (χ3v) is 5.74. The fourth-order valence-corrected chi connectivity index (χ4v) is 3.83. The Morgan fingerprint density at radius 3 is 2.57 bits per heavy atom. The summed E-state index contributed by atoms with van der Waals surface area (Å²) in [5.74, 6) is 0.792. The van der Waals surface area contributed by atoms with Crippen LogP contribution in [-0.2, 0) is 29.2 Å². The smallest absolute Gasteiger partial charge is 0.338 e. The maximum Gasteiger partial charge on any atom is 0.338 e. The lowest BCUT2D eigenvalue weighted by Gasteiger charge is -2.12. The zero-order valence-corrected chi connectivity index (χ0v) is 20.9. The van der Waals surface area contributed by atoms with Crippen LogP contribution >= 0.6 is 0 Å². The number of carbonyl (C=O) groups is 1. The van der Waals surface area contributed by atoms with E-state index in [4.69, 9.17) is 14.2 Å². The first-order chi connectivity index (χ1) is 18.0. The average Bonchev–Trinajstić information content (AvgIpc) is 2.92. The summed E-state index contributed by atoms with van der Waals surface area (Å²) in [4.78, 5) is 32.2. The van der Waals surface area contributed by atoms with Gasteiger partial charge in [0, 0.05) is 6.54 Å². The number of rotatable bonds is 11. The van der Waals surface area contributed by atoms with Gasteiger partial charge < -0.3 is 24.5 Å². The summed E-state index contributed by atoms with van der Waals surface area (Å²) in [6.45, 7) is 7.20. The molecular formula is C29H29N3O5. The normalized spacial score (nSPS) is 10.8. The van der Waals surface area contributed by atoms with Crippen LogP contribution < -0.4 is 15.6 Å². The van der Waals surface area contributed by atoms with Crippen LogP contribution in [0.25, 0.3) is 16.6 Å². The first-order valence-corrected chi connectivity index (χ1v) is 11.9. The Bertz CT molecular complexity index is 1460. The quantitative estimate of drug-likeness (QED) is 0.291. The summed E-state index contributed by atoms with van der Waals surface area (Å²) in [7, 11) is 1.62. The molecule has 1 aromatic heterocycles. The van der Waals surface area contributed by atoms with E-state index in [0.717, 1.165) is 22.4 Å². The highest BCUT2D eigenvalue weighted by Crippen LogP contribution is 2.18. The molecule has 8 nitrogen and oxygen atoms in total. The summed E-state index contributed by atoms with van der Waals surface area (Å²) in [5, 5.41) is 3.68. The van der Waals surface area contributed by atoms with Gasteiger partial charge in [0.25, 0.3) is 5.56 Å². The molecule has 4 rings (SSSR count). The highest BCUT2D eigenvalue weighted by Gasteiger charge is 2.11. The van der Waals surface area contributed by atoms with Crippen LogP contribution in [0.3, 0.4) is 0 Å². The minimum Gasteiger partial charge on any atom is -0.497 e. The maximum absolute atomic E-state index is 13.0. The minimum absolute atomic E-state index is 0.232. The molecule has 37 heavy (non-hydrogen) atoms. The van der Waals surface area contributed by atoms with E-state index in [9.17, 15) is 9.59 Å². The topological polar surface area (TPSA) is 103 Å². The van der Waals surface area contributed by atoms with Crippen LogP contribution in [0.2, 0.25) is 0 Å². The molecule has 0 atom stereocenters. The molecule has 8 heteroatoms. The highest BCUT2D eigenvalue weighted by molar-refractivity contribution is 5.89. The highest BCUT2D eigenvalue weighted by atomic mass is 16.5. The molecular weight excluding hydrogens is 470 g/mol. The number of nitrogens with one attached hydrogen (secondary N) is 2. The molecule has 190 valence electrons. The second-order valence-electron chi connectivity index (χ2n) is 8.32. The van der Waals surface area contributed by atoms with Crippen molar-refractivity contribution in [3.63, 3.8) is 0 Å². The molecule has 4 aromatic rings. The number of nitrogens with zero attached hydrogens (tertiary/aromatic N) is 1. The molecule has 0 unspecified atom stereocenters. The van der Waals surface area contributed by atoms with Gasteiger partial charge in [-0.2, -0.15) is 0 Å². The number of hydrogen-bond donors (Lipinski definition) is 2. The van der Waals surface area contributed by atoms with Crippen molar-refractivity contribution in [2.45, 2.75) is 26.7 Å². The zero-order valence-electron chi connectivity index (χ0n) is 20.9. The van der Waals surface area contributed by atoms with Crippen LogP contribution in [0, 0.1) is 0 Å². The van der Waals surface area contributed by atoms with E-state index in [1.807, 2.05) is 48.5 Å². The predicted molar refractivity (Wildman–Crippen MR) is 142 cm³/mol. The SMILES string of the molecule is C=C(NCc1cccc(OC)c1)c1nc2cccc(COCc3ccc(C(=O)OCC)cc3)c2c(=O)[nH]1. The minimum atomic E-state index is -0.352. The van der Waals surface area contributed by atoms with Gasteiger partial charge in [0.15, 0.2) is 5.82 Å². The molecule has 0 aliphatic rings. The fraction of sp³-hybridized carbons (Fsp3) is 0.207. The van der Waals surface area contributed by atoms with Crippen LogP contribution in [0.4, 0.5) is 0 Å². The van der Waals surface area contributed by atoms with Crippen LogP contribution in [-0.4, -0.2) is 29.7 Å². The summed E-state index contributed by atoms with van der Waals surface area (Å²) in [6, 6.07) is 20.2. The van der Waals surface area contributed by atoms with E-state index in [1.165, 1.54) is 0 Å². The van der Waals surface area contributed by atoms with Crippen molar-refractivity contribution in [3.05, 3.63) is 112 Å². The summed E-state index contributed by atoms with van der Waals surface area (Å²) < 4.78 is 16.1. The second kappa shape index (κ2) is 12.0. The van der Waals surface area contributed by atoms with Gasteiger partial charge in [-0.15, -0.1) is 0 Å². The van der Waals surface area contributed by atoms with Crippen molar-refractivity contribution in [2.75, 3.05) is 13.7 Å². The Morgan fingerprint density at radius 1 is 1.03 bits per heavy atom. The first kappa shape index (κ1) is 25.7. The standard InChI is InChI=1S/C29H29N3O5/c1-4-37-29(34)22-13-11-20(12-14-22)17-36-18-23-8-6-10-25-26(23)28(33)32-27(31-25)19(2)30-16-21-7-5-9-24(15-21)35-3/h5-15,30H,2,4,16-18H2,1,3H3,(H,31,32,33). The van der Waals surface area contributed by atoms with E-state index in [-0.39, 0.29) is 18.1 Å². The first-order valence-electron chi connectivity index (χ1n) is 11.9. The van der Waals surface area contributed by atoms with Gasteiger partial charge in [-0.25, -0.2) is 9.78 Å². The number of esters is 1. The predicted octanol–water partition coefficient (Wildman–Crippen LogP) is 4.59. The number of carbonyl (C=O) groups excluding carboxylic acids is 1. The third kappa shape index (κ3) is 6.42. The van der Waals surface area contributed by atoms with Crippen molar-refractivity contribution < 1.29 is 19.0 Å². The Labute approximate surface area is 214 Å². The summed E-state index contributed by atoms with van der Waals surface area (Å²) in [6.07, 6.45) is 0. The van der Waals surface area contributed by atoms with Gasteiger partial charge in [0.1, 0.15) is 5.75 Å². The molecule has 0 aliphatic carbocycles. The van der Waals surface area contributed by atoms with E-state index >= 15 is 0 Å². The van der Waals surface area contributed by atoms with Gasteiger partial charge >= 0.3 is 5.97 Å². The number of H-pyrrole nitrogens is 1. The lowest BCUT2D eigenvalue weighted by molar-refractivity contribution is 0.0526. The third-order valence-electron chi connectivity index (χ3n) is 5.74. The molecule has 0 bridgehead atoms. The van der Waals surface area contributed by atoms with Crippen molar-refractivity contribution >= 4 is 22.6 Å². The Hall–Kier alpha value is -4.43. The lowest BCUT2D eigenvalue weighted by atomic mass is 10.1. The van der Waals surface area contributed by atoms with E-state index in [2.05, 4.69) is 21.9 Å². The van der Waals surface area contributed by atoms with Gasteiger partial charge in [0.2, 0.25) is 0 Å². The lowest BCUT2D eigenvalue weighted by Crippen LogP contribution is -2.18. The number of ether oxygens (including phenoxy) is 3. The van der Waals surface area contributed by atoms with Crippen molar-refractivity contribution in [1.29, 1.82) is 0 Å². The van der Waals surface area contributed by atoms with Crippen LogP contribution in [0.15, 0.2) is 78.1 Å². The van der Waals surface area contributed by atoms with Crippen molar-refractivity contribution in [3.8, 4) is 5.75 Å². The number of hydrogen-bond acceptors (Lipinski definition) is 7. The average molecular weight is 500 g/mol. The number of methoxy groups -OCH3 is 1. The van der Waals surface area contributed by atoms with E-state index < -0.39 is 0 Å². The molecule has 1 heterocycles. The molecule has 2 N–H and O–H groups in total. The number of fused-ring (bicyclic) bond motifs is 1. The number of aromatic amines is 1. The summed E-state index contributed by atoms with van der Waals surface area (Å²) >= 11 is 0. The monoisotopic (exact) mass is 499 g/mol. The molecule has 0 aliphatic heterocycles. The van der Waals surface area contributed by atoms with Crippen molar-refractivity contribution in [1.82, 2.24) is 15.3 Å². The van der Waals surface area contributed by atoms with Crippen LogP contribution in [0.1, 0.15) is 39.8 Å².